The Bertz CT molecular complexity index is 460. The van der Waals surface area contributed by atoms with Crippen LogP contribution in [0.1, 0.15) is 13.8 Å². The second-order valence-corrected chi connectivity index (χ2v) is 5.34. The van der Waals surface area contributed by atoms with Gasteiger partial charge in [-0.2, -0.15) is 0 Å². The van der Waals surface area contributed by atoms with Crippen molar-refractivity contribution in [2.75, 3.05) is 32.1 Å². The predicted molar refractivity (Wildman–Crippen MR) is 75.8 cm³/mol. The van der Waals surface area contributed by atoms with E-state index in [9.17, 15) is 10.1 Å². The van der Waals surface area contributed by atoms with Gasteiger partial charge in [-0.15, -0.1) is 0 Å². The van der Waals surface area contributed by atoms with Gasteiger partial charge in [-0.05, 0) is 18.0 Å². The van der Waals surface area contributed by atoms with Crippen molar-refractivity contribution < 1.29 is 9.66 Å². The topological polar surface area (TPSA) is 81.6 Å². The van der Waals surface area contributed by atoms with Crippen LogP contribution in [0.3, 0.4) is 0 Å². The SMILES string of the molecule is COc1cc(N(C)CC(C)(C)CN)ccc1[N+](=O)[O-]. The molecule has 1 aromatic carbocycles. The highest BCUT2D eigenvalue weighted by Crippen LogP contribution is 2.31. The third kappa shape index (κ3) is 3.82. The van der Waals surface area contributed by atoms with Crippen LogP contribution in [0.4, 0.5) is 11.4 Å². The molecule has 19 heavy (non-hydrogen) atoms. The van der Waals surface area contributed by atoms with Gasteiger partial charge in [0.2, 0.25) is 0 Å². The van der Waals surface area contributed by atoms with Gasteiger partial charge in [0, 0.05) is 31.4 Å². The van der Waals surface area contributed by atoms with E-state index in [4.69, 9.17) is 10.5 Å². The van der Waals surface area contributed by atoms with Crippen LogP contribution in [0.2, 0.25) is 0 Å². The molecule has 0 radical (unpaired) electrons. The van der Waals surface area contributed by atoms with Crippen LogP contribution >= 0.6 is 0 Å². The maximum absolute atomic E-state index is 10.8. The maximum Gasteiger partial charge on any atom is 0.311 e. The first-order valence-electron chi connectivity index (χ1n) is 6.04. The lowest BCUT2D eigenvalue weighted by Gasteiger charge is -2.30. The summed E-state index contributed by atoms with van der Waals surface area (Å²) in [4.78, 5) is 12.4. The summed E-state index contributed by atoms with van der Waals surface area (Å²) in [5.41, 5.74) is 6.52. The third-order valence-electron chi connectivity index (χ3n) is 3.02. The average Bonchev–Trinajstić information content (AvgIpc) is 2.37. The largest absolute Gasteiger partial charge is 0.490 e. The van der Waals surface area contributed by atoms with Gasteiger partial charge in [-0.1, -0.05) is 13.8 Å². The number of rotatable bonds is 6. The molecule has 1 rings (SSSR count). The van der Waals surface area contributed by atoms with E-state index in [-0.39, 0.29) is 16.9 Å². The molecule has 0 aliphatic rings. The van der Waals surface area contributed by atoms with Crippen molar-refractivity contribution in [2.45, 2.75) is 13.8 Å². The standard InChI is InChI=1S/C13H21N3O3/c1-13(2,8-14)9-15(3)10-5-6-11(16(17)18)12(7-10)19-4/h5-7H,8-9,14H2,1-4H3. The highest BCUT2D eigenvalue weighted by atomic mass is 16.6. The smallest absolute Gasteiger partial charge is 0.311 e. The minimum atomic E-state index is -0.452. The number of nitro benzene ring substituents is 1. The summed E-state index contributed by atoms with van der Waals surface area (Å²) in [6.45, 7) is 5.48. The number of anilines is 1. The van der Waals surface area contributed by atoms with Gasteiger partial charge in [0.25, 0.3) is 0 Å². The molecular weight excluding hydrogens is 246 g/mol. The first-order valence-corrected chi connectivity index (χ1v) is 6.04. The molecule has 106 valence electrons. The Hall–Kier alpha value is -1.82. The monoisotopic (exact) mass is 267 g/mol. The number of nitrogens with two attached hydrogens (primary N) is 1. The normalized spacial score (nSPS) is 11.2. The zero-order chi connectivity index (χ0) is 14.6. The lowest BCUT2D eigenvalue weighted by Crippen LogP contribution is -2.36. The van der Waals surface area contributed by atoms with Crippen molar-refractivity contribution in [1.29, 1.82) is 0 Å². The van der Waals surface area contributed by atoms with Gasteiger partial charge in [0.05, 0.1) is 12.0 Å². The van der Waals surface area contributed by atoms with Crippen LogP contribution < -0.4 is 15.4 Å². The molecule has 0 saturated carbocycles. The fourth-order valence-corrected chi connectivity index (χ4v) is 1.85. The average molecular weight is 267 g/mol. The van der Waals surface area contributed by atoms with E-state index >= 15 is 0 Å². The zero-order valence-corrected chi connectivity index (χ0v) is 11.8. The highest BCUT2D eigenvalue weighted by molar-refractivity contribution is 5.59. The fourth-order valence-electron chi connectivity index (χ4n) is 1.85. The van der Waals surface area contributed by atoms with E-state index in [0.717, 1.165) is 12.2 Å². The van der Waals surface area contributed by atoms with Crippen molar-refractivity contribution in [3.63, 3.8) is 0 Å². The Morgan fingerprint density at radius 2 is 2.11 bits per heavy atom. The molecule has 6 heteroatoms. The Morgan fingerprint density at radius 1 is 1.47 bits per heavy atom. The molecular formula is C13H21N3O3. The van der Waals surface area contributed by atoms with Gasteiger partial charge in [0.15, 0.2) is 5.75 Å². The van der Waals surface area contributed by atoms with Gasteiger partial charge < -0.3 is 15.4 Å². The molecule has 0 aliphatic heterocycles. The van der Waals surface area contributed by atoms with Gasteiger partial charge in [-0.25, -0.2) is 0 Å². The first-order chi connectivity index (χ1) is 8.80. The second-order valence-electron chi connectivity index (χ2n) is 5.34. The molecule has 0 amide bonds. The summed E-state index contributed by atoms with van der Waals surface area (Å²) in [5.74, 6) is 0.264. The second kappa shape index (κ2) is 5.88. The van der Waals surface area contributed by atoms with Crippen molar-refractivity contribution in [2.24, 2.45) is 11.1 Å². The molecule has 0 bridgehead atoms. The summed E-state index contributed by atoms with van der Waals surface area (Å²) in [7, 11) is 3.36. The van der Waals surface area contributed by atoms with Crippen LogP contribution in [-0.2, 0) is 0 Å². The molecule has 6 nitrogen and oxygen atoms in total. The molecule has 0 aliphatic carbocycles. The minimum Gasteiger partial charge on any atom is -0.490 e. The van der Waals surface area contributed by atoms with Crippen molar-refractivity contribution in [3.8, 4) is 5.75 Å². The van der Waals surface area contributed by atoms with Crippen LogP contribution in [0.15, 0.2) is 18.2 Å². The number of hydrogen-bond donors (Lipinski definition) is 1. The number of nitrogens with zero attached hydrogens (tertiary/aromatic N) is 2. The van der Waals surface area contributed by atoms with Gasteiger partial charge in [-0.3, -0.25) is 10.1 Å². The van der Waals surface area contributed by atoms with Gasteiger partial charge in [0.1, 0.15) is 0 Å². The minimum absolute atomic E-state index is 0.0240. The van der Waals surface area contributed by atoms with E-state index in [0.29, 0.717) is 6.54 Å². The van der Waals surface area contributed by atoms with Crippen LogP contribution in [0.25, 0.3) is 0 Å². The van der Waals surface area contributed by atoms with Crippen molar-refractivity contribution in [1.82, 2.24) is 0 Å². The Balaban J connectivity index is 2.99. The number of nitro groups is 1. The molecule has 0 unspecified atom stereocenters. The summed E-state index contributed by atoms with van der Waals surface area (Å²) < 4.78 is 5.06. The van der Waals surface area contributed by atoms with E-state index in [1.165, 1.54) is 13.2 Å². The molecule has 0 atom stereocenters. The number of ether oxygens (including phenoxy) is 1. The number of benzene rings is 1. The van der Waals surface area contributed by atoms with Crippen molar-refractivity contribution in [3.05, 3.63) is 28.3 Å². The van der Waals surface area contributed by atoms with Crippen LogP contribution in [0, 0.1) is 15.5 Å². The quantitative estimate of drug-likeness (QED) is 0.630. The molecule has 0 aromatic heterocycles. The van der Waals surface area contributed by atoms with Crippen LogP contribution in [-0.4, -0.2) is 32.2 Å². The molecule has 0 heterocycles. The molecule has 0 spiro atoms. The highest BCUT2D eigenvalue weighted by Gasteiger charge is 2.20. The third-order valence-corrected chi connectivity index (χ3v) is 3.02. The van der Waals surface area contributed by atoms with Crippen LogP contribution in [0.5, 0.6) is 5.75 Å². The number of methoxy groups -OCH3 is 1. The molecule has 1 aromatic rings. The lowest BCUT2D eigenvalue weighted by molar-refractivity contribution is -0.385. The summed E-state index contributed by atoms with van der Waals surface area (Å²) in [6, 6.07) is 4.85. The summed E-state index contributed by atoms with van der Waals surface area (Å²) in [6.07, 6.45) is 0. The van der Waals surface area contributed by atoms with Gasteiger partial charge >= 0.3 is 5.69 Å². The molecule has 2 N–H and O–H groups in total. The molecule has 0 saturated heterocycles. The van der Waals surface area contributed by atoms with E-state index < -0.39 is 4.92 Å². The Morgan fingerprint density at radius 3 is 2.58 bits per heavy atom. The molecule has 0 fully saturated rings. The van der Waals surface area contributed by atoms with E-state index in [2.05, 4.69) is 13.8 Å². The Kier molecular flexibility index (Phi) is 4.72. The fraction of sp³-hybridized carbons (Fsp3) is 0.538. The van der Waals surface area contributed by atoms with E-state index in [1.807, 2.05) is 11.9 Å². The summed E-state index contributed by atoms with van der Waals surface area (Å²) >= 11 is 0. The summed E-state index contributed by atoms with van der Waals surface area (Å²) in [5, 5.41) is 10.8. The zero-order valence-electron chi connectivity index (χ0n) is 11.8. The Labute approximate surface area is 113 Å². The van der Waals surface area contributed by atoms with Crippen molar-refractivity contribution >= 4 is 11.4 Å². The maximum atomic E-state index is 10.8. The lowest BCUT2D eigenvalue weighted by atomic mass is 9.93. The first kappa shape index (κ1) is 15.2. The number of hydrogen-bond acceptors (Lipinski definition) is 5. The van der Waals surface area contributed by atoms with E-state index in [1.54, 1.807) is 12.1 Å². The predicted octanol–water partition coefficient (Wildman–Crippen LogP) is 2.02.